The molecule has 0 amide bonds. The van der Waals surface area contributed by atoms with Gasteiger partial charge in [-0.3, -0.25) is 4.68 Å². The van der Waals surface area contributed by atoms with Crippen LogP contribution in [0, 0.1) is 5.92 Å². The number of rotatable bonds is 11. The number of nitrogens with one attached hydrogen (secondary N) is 2. The van der Waals surface area contributed by atoms with E-state index in [2.05, 4.69) is 43.9 Å². The molecule has 1 aliphatic carbocycles. The van der Waals surface area contributed by atoms with Gasteiger partial charge in [-0.15, -0.1) is 0 Å². The average molecular weight is 466 g/mol. The topological polar surface area (TPSA) is 112 Å². The van der Waals surface area contributed by atoms with E-state index >= 15 is 0 Å². The zero-order valence-electron chi connectivity index (χ0n) is 19.9. The number of nitrogens with two attached hydrogens (primary N) is 1. The first-order valence-corrected chi connectivity index (χ1v) is 12.4. The summed E-state index contributed by atoms with van der Waals surface area (Å²) in [5, 5.41) is 11.7. The van der Waals surface area contributed by atoms with E-state index in [1.165, 1.54) is 24.8 Å². The summed E-state index contributed by atoms with van der Waals surface area (Å²) in [6.45, 7) is 3.92. The molecule has 0 bridgehead atoms. The largest absolute Gasteiger partial charge is 0.496 e. The maximum atomic E-state index is 5.96. The van der Waals surface area contributed by atoms with Crippen molar-refractivity contribution in [3.05, 3.63) is 35.5 Å². The Balaban J connectivity index is 1.30. The molecule has 9 heteroatoms. The highest BCUT2D eigenvalue weighted by atomic mass is 16.5. The molecule has 0 unspecified atom stereocenters. The Morgan fingerprint density at radius 2 is 2.03 bits per heavy atom. The van der Waals surface area contributed by atoms with E-state index in [1.807, 2.05) is 4.68 Å². The van der Waals surface area contributed by atoms with Gasteiger partial charge < -0.3 is 25.8 Å². The Morgan fingerprint density at radius 3 is 2.82 bits per heavy atom. The zero-order chi connectivity index (χ0) is 23.3. The van der Waals surface area contributed by atoms with E-state index < -0.39 is 0 Å². The molecule has 1 saturated heterocycles. The summed E-state index contributed by atoms with van der Waals surface area (Å²) >= 11 is 0. The Labute approximate surface area is 200 Å². The molecule has 34 heavy (non-hydrogen) atoms. The van der Waals surface area contributed by atoms with E-state index in [4.69, 9.17) is 15.2 Å². The standard InChI is InChI=1S/C25H35N7O2/c1-33-22-13-18(14-28-20-8-11-34-12-9-20)6-7-19(22)16-32-23-21(15-29-32)30-25(26)31-24(23)27-10-2-3-17-4-5-17/h6-7,13,15,17,20,28H,2-5,8-12,14,16H2,1H3,(H3,26,27,30,31). The summed E-state index contributed by atoms with van der Waals surface area (Å²) in [7, 11) is 1.71. The van der Waals surface area contributed by atoms with Crippen molar-refractivity contribution in [3.63, 3.8) is 0 Å². The molecule has 3 aromatic rings. The lowest BCUT2D eigenvalue weighted by Crippen LogP contribution is -2.34. The number of benzene rings is 1. The second-order valence-corrected chi connectivity index (χ2v) is 9.39. The fourth-order valence-electron chi connectivity index (χ4n) is 4.62. The molecule has 9 nitrogen and oxygen atoms in total. The van der Waals surface area contributed by atoms with Crippen LogP contribution in [0.5, 0.6) is 5.75 Å². The summed E-state index contributed by atoms with van der Waals surface area (Å²) < 4.78 is 13.1. The number of hydrogen-bond acceptors (Lipinski definition) is 8. The fourth-order valence-corrected chi connectivity index (χ4v) is 4.62. The van der Waals surface area contributed by atoms with Gasteiger partial charge in [-0.25, -0.2) is 4.98 Å². The van der Waals surface area contributed by atoms with Crippen LogP contribution >= 0.6 is 0 Å². The molecule has 2 aliphatic rings. The van der Waals surface area contributed by atoms with E-state index in [9.17, 15) is 0 Å². The second-order valence-electron chi connectivity index (χ2n) is 9.39. The number of nitrogens with zero attached hydrogens (tertiary/aromatic N) is 4. The molecule has 0 radical (unpaired) electrons. The number of anilines is 2. The van der Waals surface area contributed by atoms with Gasteiger partial charge in [0.2, 0.25) is 5.95 Å². The quantitative estimate of drug-likeness (QED) is 0.370. The maximum absolute atomic E-state index is 5.96. The minimum Gasteiger partial charge on any atom is -0.496 e. The molecular formula is C25H35N7O2. The van der Waals surface area contributed by atoms with Crippen LogP contribution in [0.2, 0.25) is 0 Å². The maximum Gasteiger partial charge on any atom is 0.222 e. The third-order valence-corrected chi connectivity index (χ3v) is 6.77. The first-order valence-electron chi connectivity index (χ1n) is 12.4. The third kappa shape index (κ3) is 5.59. The number of nitrogen functional groups attached to an aromatic ring is 1. The smallest absolute Gasteiger partial charge is 0.222 e. The third-order valence-electron chi connectivity index (χ3n) is 6.77. The lowest BCUT2D eigenvalue weighted by atomic mass is 10.1. The molecule has 3 heterocycles. The van der Waals surface area contributed by atoms with Gasteiger partial charge in [-0.1, -0.05) is 25.0 Å². The number of aromatic nitrogens is 4. The predicted molar refractivity (Wildman–Crippen MR) is 133 cm³/mol. The van der Waals surface area contributed by atoms with Crippen LogP contribution in [-0.2, 0) is 17.8 Å². The monoisotopic (exact) mass is 465 g/mol. The van der Waals surface area contributed by atoms with Gasteiger partial charge in [0.25, 0.3) is 0 Å². The molecule has 1 saturated carbocycles. The van der Waals surface area contributed by atoms with Gasteiger partial charge in [-0.05, 0) is 43.2 Å². The van der Waals surface area contributed by atoms with Crippen molar-refractivity contribution in [3.8, 4) is 5.75 Å². The van der Waals surface area contributed by atoms with E-state index in [1.54, 1.807) is 13.3 Å². The van der Waals surface area contributed by atoms with Crippen LogP contribution in [0.1, 0.15) is 49.7 Å². The Hall–Kier alpha value is -2.91. The molecule has 1 aromatic carbocycles. The summed E-state index contributed by atoms with van der Waals surface area (Å²) in [5.41, 5.74) is 9.83. The summed E-state index contributed by atoms with van der Waals surface area (Å²) in [5.74, 6) is 2.78. The van der Waals surface area contributed by atoms with Gasteiger partial charge in [0, 0.05) is 37.9 Å². The second kappa shape index (κ2) is 10.6. The minimum atomic E-state index is 0.260. The van der Waals surface area contributed by atoms with Crippen molar-refractivity contribution in [2.24, 2.45) is 5.92 Å². The van der Waals surface area contributed by atoms with Crippen LogP contribution in [0.4, 0.5) is 11.8 Å². The SMILES string of the molecule is COc1cc(CNC2CCOCC2)ccc1Cn1ncc2nc(N)nc(NCCCC3CC3)c21. The first-order chi connectivity index (χ1) is 16.7. The van der Waals surface area contributed by atoms with Crippen LogP contribution in [0.25, 0.3) is 11.0 Å². The number of methoxy groups -OCH3 is 1. The van der Waals surface area contributed by atoms with Crippen molar-refractivity contribution in [2.45, 2.75) is 57.7 Å². The van der Waals surface area contributed by atoms with Gasteiger partial charge >= 0.3 is 0 Å². The zero-order valence-corrected chi connectivity index (χ0v) is 19.9. The normalized spacial score (nSPS) is 16.7. The molecule has 0 atom stereocenters. The van der Waals surface area contributed by atoms with Gasteiger partial charge in [0.1, 0.15) is 16.8 Å². The predicted octanol–water partition coefficient (Wildman–Crippen LogP) is 3.34. The summed E-state index contributed by atoms with van der Waals surface area (Å²) in [4.78, 5) is 8.87. The Bertz CT molecular complexity index is 1110. The fraction of sp³-hybridized carbons (Fsp3) is 0.560. The minimum absolute atomic E-state index is 0.260. The van der Waals surface area contributed by atoms with Crippen molar-refractivity contribution >= 4 is 22.8 Å². The van der Waals surface area contributed by atoms with Crippen molar-refractivity contribution < 1.29 is 9.47 Å². The molecule has 2 fully saturated rings. The van der Waals surface area contributed by atoms with Crippen molar-refractivity contribution in [1.82, 2.24) is 25.1 Å². The highest BCUT2D eigenvalue weighted by Gasteiger charge is 2.20. The molecular weight excluding hydrogens is 430 g/mol. The first kappa shape index (κ1) is 22.9. The Kier molecular flexibility index (Phi) is 7.10. The highest BCUT2D eigenvalue weighted by molar-refractivity contribution is 5.86. The number of hydrogen-bond donors (Lipinski definition) is 3. The molecule has 182 valence electrons. The summed E-state index contributed by atoms with van der Waals surface area (Å²) in [6.07, 6.45) is 9.02. The van der Waals surface area contributed by atoms with Gasteiger partial charge in [-0.2, -0.15) is 10.1 Å². The van der Waals surface area contributed by atoms with Gasteiger partial charge in [0.15, 0.2) is 5.82 Å². The van der Waals surface area contributed by atoms with Crippen LogP contribution in [-0.4, -0.2) is 52.7 Å². The molecule has 2 aromatic heterocycles. The van der Waals surface area contributed by atoms with E-state index in [-0.39, 0.29) is 5.95 Å². The number of ether oxygens (including phenoxy) is 2. The molecule has 4 N–H and O–H groups in total. The van der Waals surface area contributed by atoms with E-state index in [0.717, 1.165) is 79.6 Å². The van der Waals surface area contributed by atoms with Crippen LogP contribution in [0.3, 0.4) is 0 Å². The highest BCUT2D eigenvalue weighted by Crippen LogP contribution is 2.33. The Morgan fingerprint density at radius 1 is 1.18 bits per heavy atom. The van der Waals surface area contributed by atoms with Crippen molar-refractivity contribution in [1.29, 1.82) is 0 Å². The molecule has 0 spiro atoms. The van der Waals surface area contributed by atoms with Gasteiger partial charge in [0.05, 0.1) is 19.9 Å². The lowest BCUT2D eigenvalue weighted by molar-refractivity contribution is 0.0776. The van der Waals surface area contributed by atoms with Crippen LogP contribution in [0.15, 0.2) is 24.4 Å². The summed E-state index contributed by atoms with van der Waals surface area (Å²) in [6, 6.07) is 6.90. The van der Waals surface area contributed by atoms with E-state index in [0.29, 0.717) is 12.6 Å². The molecule has 5 rings (SSSR count). The molecule has 1 aliphatic heterocycles. The van der Waals surface area contributed by atoms with Crippen molar-refractivity contribution in [2.75, 3.05) is 37.9 Å². The lowest BCUT2D eigenvalue weighted by Gasteiger charge is -2.23. The number of fused-ring (bicyclic) bond motifs is 1. The van der Waals surface area contributed by atoms with Crippen LogP contribution < -0.4 is 21.1 Å². The average Bonchev–Trinajstić information content (AvgIpc) is 3.60.